The molecule has 0 bridgehead atoms. The molecule has 2 N–H and O–H groups in total. The maximum Gasteiger partial charge on any atom is 0.191 e. The van der Waals surface area contributed by atoms with Gasteiger partial charge in [0.2, 0.25) is 0 Å². The van der Waals surface area contributed by atoms with E-state index in [-0.39, 0.29) is 24.0 Å². The number of rotatable bonds is 8. The molecule has 4 rings (SSSR count). The summed E-state index contributed by atoms with van der Waals surface area (Å²) < 4.78 is 5.44. The lowest BCUT2D eigenvalue weighted by atomic mass is 10.1. The Balaban J connectivity index is 0.00000272. The molecule has 0 radical (unpaired) electrons. The van der Waals surface area contributed by atoms with Crippen molar-refractivity contribution in [1.82, 2.24) is 15.6 Å². The molecule has 3 aromatic heterocycles. The van der Waals surface area contributed by atoms with Crippen LogP contribution in [0.4, 0.5) is 5.82 Å². The van der Waals surface area contributed by atoms with Crippen LogP contribution in [0.15, 0.2) is 69.7 Å². The fourth-order valence-corrected chi connectivity index (χ4v) is 4.33. The van der Waals surface area contributed by atoms with Gasteiger partial charge >= 0.3 is 0 Å². The number of nitrogens with one attached hydrogen (secondary N) is 2. The van der Waals surface area contributed by atoms with Gasteiger partial charge in [0.25, 0.3) is 0 Å². The van der Waals surface area contributed by atoms with Crippen molar-refractivity contribution in [2.45, 2.75) is 31.7 Å². The number of furan rings is 1. The highest BCUT2D eigenvalue weighted by Crippen LogP contribution is 2.17. The first kappa shape index (κ1) is 23.6. The van der Waals surface area contributed by atoms with Crippen LogP contribution in [0.25, 0.3) is 0 Å². The fraction of sp³-hybridized carbons (Fsp3) is 0.391. The first-order valence-electron chi connectivity index (χ1n) is 10.6. The lowest BCUT2D eigenvalue weighted by Gasteiger charge is -2.33. The average molecular weight is 551 g/mol. The summed E-state index contributed by atoms with van der Waals surface area (Å²) in [6.07, 6.45) is 7.54. The third-order valence-electron chi connectivity index (χ3n) is 5.26. The molecule has 31 heavy (non-hydrogen) atoms. The number of hydrogen-bond acceptors (Lipinski definition) is 5. The van der Waals surface area contributed by atoms with Gasteiger partial charge in [-0.3, -0.25) is 4.99 Å². The van der Waals surface area contributed by atoms with Crippen LogP contribution < -0.4 is 15.5 Å². The molecule has 0 saturated carbocycles. The number of anilines is 1. The van der Waals surface area contributed by atoms with E-state index in [0.717, 1.165) is 69.4 Å². The molecule has 0 atom stereocenters. The highest BCUT2D eigenvalue weighted by Gasteiger charge is 2.20. The van der Waals surface area contributed by atoms with Gasteiger partial charge in [0.15, 0.2) is 5.96 Å². The highest BCUT2D eigenvalue weighted by molar-refractivity contribution is 14.0. The number of thiophene rings is 1. The Kier molecular flexibility index (Phi) is 9.67. The molecule has 0 aliphatic carbocycles. The Morgan fingerprint density at radius 2 is 2.03 bits per heavy atom. The van der Waals surface area contributed by atoms with Crippen molar-refractivity contribution in [2.75, 3.05) is 31.1 Å². The van der Waals surface area contributed by atoms with Gasteiger partial charge in [0, 0.05) is 56.1 Å². The molecule has 1 aliphatic rings. The van der Waals surface area contributed by atoms with Gasteiger partial charge in [-0.25, -0.2) is 4.98 Å². The summed E-state index contributed by atoms with van der Waals surface area (Å²) in [4.78, 5) is 13.0. The molecule has 3 aromatic rings. The van der Waals surface area contributed by atoms with E-state index in [1.165, 1.54) is 4.88 Å². The minimum atomic E-state index is 0. The topological polar surface area (TPSA) is 65.7 Å². The molecule has 1 fully saturated rings. The van der Waals surface area contributed by atoms with Crippen LogP contribution in [0.2, 0.25) is 0 Å². The number of aromatic nitrogens is 1. The Morgan fingerprint density at radius 1 is 1.13 bits per heavy atom. The Labute approximate surface area is 205 Å². The van der Waals surface area contributed by atoms with Gasteiger partial charge in [0.05, 0.1) is 6.26 Å². The zero-order valence-corrected chi connectivity index (χ0v) is 20.7. The number of aliphatic imine (C=N–C) groups is 1. The lowest BCUT2D eigenvalue weighted by Crippen LogP contribution is -2.49. The summed E-state index contributed by atoms with van der Waals surface area (Å²) in [6, 6.07) is 14.7. The molecular weight excluding hydrogens is 521 g/mol. The Morgan fingerprint density at radius 3 is 2.74 bits per heavy atom. The highest BCUT2D eigenvalue weighted by atomic mass is 127. The largest absolute Gasteiger partial charge is 0.469 e. The minimum absolute atomic E-state index is 0. The van der Waals surface area contributed by atoms with E-state index in [2.05, 4.69) is 44.1 Å². The summed E-state index contributed by atoms with van der Waals surface area (Å²) in [5, 5.41) is 9.26. The van der Waals surface area contributed by atoms with Crippen molar-refractivity contribution in [1.29, 1.82) is 0 Å². The predicted molar refractivity (Wildman–Crippen MR) is 139 cm³/mol. The van der Waals surface area contributed by atoms with Gasteiger partial charge in [0.1, 0.15) is 11.6 Å². The molecule has 0 aromatic carbocycles. The number of guanidine groups is 1. The summed E-state index contributed by atoms with van der Waals surface area (Å²) in [6.45, 7) is 3.58. The average Bonchev–Trinajstić information content (AvgIpc) is 3.49. The molecule has 0 spiro atoms. The predicted octanol–water partition coefficient (Wildman–Crippen LogP) is 4.34. The van der Waals surface area contributed by atoms with Crippen molar-refractivity contribution < 1.29 is 4.42 Å². The zero-order chi connectivity index (χ0) is 20.4. The molecule has 8 heteroatoms. The fourth-order valence-electron chi connectivity index (χ4n) is 3.63. The van der Waals surface area contributed by atoms with E-state index < -0.39 is 0 Å². The number of hydrogen-bond donors (Lipinski definition) is 2. The van der Waals surface area contributed by atoms with Crippen LogP contribution in [0.3, 0.4) is 0 Å². The monoisotopic (exact) mass is 551 g/mol. The molecule has 1 aliphatic heterocycles. The van der Waals surface area contributed by atoms with Crippen molar-refractivity contribution in [2.24, 2.45) is 4.99 Å². The van der Waals surface area contributed by atoms with Crippen molar-refractivity contribution in [3.8, 4) is 0 Å². The van der Waals surface area contributed by atoms with Gasteiger partial charge in [-0.1, -0.05) is 12.1 Å². The number of piperidine rings is 1. The van der Waals surface area contributed by atoms with E-state index in [1.807, 2.05) is 30.5 Å². The second kappa shape index (κ2) is 12.7. The van der Waals surface area contributed by atoms with Gasteiger partial charge in [-0.15, -0.1) is 35.3 Å². The zero-order valence-electron chi connectivity index (χ0n) is 17.6. The molecule has 6 nitrogen and oxygen atoms in total. The van der Waals surface area contributed by atoms with Gasteiger partial charge in [-0.05, 0) is 48.6 Å². The van der Waals surface area contributed by atoms with E-state index in [1.54, 1.807) is 17.6 Å². The van der Waals surface area contributed by atoms with Gasteiger partial charge < -0.3 is 20.0 Å². The Hall–Kier alpha value is -2.07. The Bertz CT molecular complexity index is 878. The molecule has 0 unspecified atom stereocenters. The third kappa shape index (κ3) is 7.53. The van der Waals surface area contributed by atoms with E-state index in [9.17, 15) is 0 Å². The van der Waals surface area contributed by atoms with Crippen LogP contribution in [0.1, 0.15) is 23.5 Å². The SMILES string of the molecule is I.c1ccc(N2CCC(NC(=NCCc3cccs3)NCCc3ccco3)CC2)nc1. The smallest absolute Gasteiger partial charge is 0.191 e. The summed E-state index contributed by atoms with van der Waals surface area (Å²) in [7, 11) is 0. The van der Waals surface area contributed by atoms with Crippen LogP contribution in [0, 0.1) is 0 Å². The summed E-state index contributed by atoms with van der Waals surface area (Å²) >= 11 is 1.79. The summed E-state index contributed by atoms with van der Waals surface area (Å²) in [5.74, 6) is 2.95. The van der Waals surface area contributed by atoms with Gasteiger partial charge in [-0.2, -0.15) is 0 Å². The third-order valence-corrected chi connectivity index (χ3v) is 6.20. The number of nitrogens with zero attached hydrogens (tertiary/aromatic N) is 3. The minimum Gasteiger partial charge on any atom is -0.469 e. The first-order chi connectivity index (χ1) is 14.9. The van der Waals surface area contributed by atoms with Crippen LogP contribution in [-0.4, -0.2) is 43.2 Å². The lowest BCUT2D eigenvalue weighted by molar-refractivity contribution is 0.458. The van der Waals surface area contributed by atoms with E-state index in [0.29, 0.717) is 6.04 Å². The second-order valence-electron chi connectivity index (χ2n) is 7.41. The van der Waals surface area contributed by atoms with E-state index in [4.69, 9.17) is 9.41 Å². The van der Waals surface area contributed by atoms with Crippen LogP contribution in [0.5, 0.6) is 0 Å². The molecule has 4 heterocycles. The first-order valence-corrected chi connectivity index (χ1v) is 11.5. The quantitative estimate of drug-likeness (QED) is 0.248. The standard InChI is InChI=1S/C23H29N5OS.HI/c1-2-12-24-22(7-1)28-15-10-19(11-16-28)27-23(25-13-8-20-5-3-17-29-20)26-14-9-21-6-4-18-30-21;/h1-7,12,17-19H,8-11,13-16H2,(H2,25,26,27);1H. The van der Waals surface area contributed by atoms with Crippen molar-refractivity contribution in [3.63, 3.8) is 0 Å². The maximum atomic E-state index is 5.44. The maximum absolute atomic E-state index is 5.44. The van der Waals surface area contributed by atoms with Crippen LogP contribution >= 0.6 is 35.3 Å². The molecular formula is C23H30IN5OS. The normalized spacial score (nSPS) is 14.8. The summed E-state index contributed by atoms with van der Waals surface area (Å²) in [5.41, 5.74) is 0. The molecule has 1 saturated heterocycles. The number of pyridine rings is 1. The van der Waals surface area contributed by atoms with E-state index >= 15 is 0 Å². The molecule has 166 valence electrons. The van der Waals surface area contributed by atoms with Crippen molar-refractivity contribution in [3.05, 3.63) is 70.9 Å². The van der Waals surface area contributed by atoms with Crippen LogP contribution in [-0.2, 0) is 12.8 Å². The second-order valence-corrected chi connectivity index (χ2v) is 8.44. The molecule has 0 amide bonds. The number of halogens is 1. The van der Waals surface area contributed by atoms with Crippen molar-refractivity contribution >= 4 is 47.1 Å².